The maximum atomic E-state index is 11.3. The van der Waals surface area contributed by atoms with Crippen LogP contribution in [0.25, 0.3) is 0 Å². The average molecular weight is 216 g/mol. The number of ether oxygens (including phenoxy) is 1. The summed E-state index contributed by atoms with van der Waals surface area (Å²) in [5.41, 5.74) is 0. The molecule has 0 aliphatic carbocycles. The monoisotopic (exact) mass is 216 g/mol. The number of cyclic esters (lactones) is 1. The number of Topliss-reactive ketones (excluding diaryl/α,β-unsaturated/α-hetero) is 1. The molecule has 0 aromatic carbocycles. The lowest BCUT2D eigenvalue weighted by atomic mass is 10.0. The summed E-state index contributed by atoms with van der Waals surface area (Å²) in [5, 5.41) is 0. The summed E-state index contributed by atoms with van der Waals surface area (Å²) in [4.78, 5) is 22.3. The van der Waals surface area contributed by atoms with Crippen molar-refractivity contribution < 1.29 is 14.3 Å². The molecule has 1 aliphatic heterocycles. The number of esters is 1. The third kappa shape index (κ3) is 4.04. The Morgan fingerprint density at radius 2 is 2.21 bits per heavy atom. The summed E-state index contributed by atoms with van der Waals surface area (Å²) in [7, 11) is -0.0455. The predicted octanol–water partition coefficient (Wildman–Crippen LogP) is 1.17. The minimum atomic E-state index is -0.425. The second-order valence-corrected chi connectivity index (χ2v) is 4.79. The Morgan fingerprint density at radius 3 is 2.64 bits per heavy atom. The molecule has 1 unspecified atom stereocenters. The van der Waals surface area contributed by atoms with Crippen LogP contribution < -0.4 is 0 Å². The Hall–Kier alpha value is -0.643. The van der Waals surface area contributed by atoms with Gasteiger partial charge in [-0.05, 0) is 0 Å². The van der Waals surface area contributed by atoms with Crippen molar-refractivity contribution in [2.24, 2.45) is 5.92 Å². The fourth-order valence-corrected chi connectivity index (χ4v) is 2.02. The van der Waals surface area contributed by atoms with Gasteiger partial charge in [0.25, 0.3) is 0 Å². The molecule has 1 heterocycles. The number of hydrogen-bond donors (Lipinski definition) is 0. The normalized spacial score (nSPS) is 20.5. The zero-order valence-corrected chi connectivity index (χ0v) is 10.8. The molecule has 1 saturated heterocycles. The highest BCUT2D eigenvalue weighted by atomic mass is 28.2. The SMILES string of the molecule is CC.C[SiH2]CCC(=O)C1CCOC1=O. The van der Waals surface area contributed by atoms with Crippen LogP contribution >= 0.6 is 0 Å². The average Bonchev–Trinajstić information content (AvgIpc) is 2.64. The van der Waals surface area contributed by atoms with Gasteiger partial charge in [0.15, 0.2) is 0 Å². The summed E-state index contributed by atoms with van der Waals surface area (Å²) in [5.74, 6) is -0.643. The van der Waals surface area contributed by atoms with Crippen LogP contribution in [0.1, 0.15) is 26.7 Å². The van der Waals surface area contributed by atoms with E-state index in [1.807, 2.05) is 13.8 Å². The number of hydrogen-bond acceptors (Lipinski definition) is 3. The first-order chi connectivity index (χ1) is 6.75. The van der Waals surface area contributed by atoms with Gasteiger partial charge in [-0.2, -0.15) is 0 Å². The van der Waals surface area contributed by atoms with Gasteiger partial charge >= 0.3 is 5.97 Å². The third-order valence-corrected chi connectivity index (χ3v) is 3.16. The fraction of sp³-hybridized carbons (Fsp3) is 0.800. The fourth-order valence-electron chi connectivity index (χ4n) is 1.31. The van der Waals surface area contributed by atoms with Crippen molar-refractivity contribution in [2.75, 3.05) is 6.61 Å². The van der Waals surface area contributed by atoms with Crippen LogP contribution in [0.2, 0.25) is 12.6 Å². The Kier molecular flexibility index (Phi) is 7.38. The van der Waals surface area contributed by atoms with Gasteiger partial charge in [0.1, 0.15) is 11.7 Å². The van der Waals surface area contributed by atoms with Crippen LogP contribution in [0.5, 0.6) is 0 Å². The Bertz CT molecular complexity index is 192. The van der Waals surface area contributed by atoms with Crippen LogP contribution in [0.15, 0.2) is 0 Å². The van der Waals surface area contributed by atoms with Gasteiger partial charge in [-0.15, -0.1) is 0 Å². The standard InChI is InChI=1S/C8H14O3Si.C2H6/c1-12-5-3-7(9)6-2-4-11-8(6)10;1-2/h6H,2-5,12H2,1H3;1-2H3. The highest BCUT2D eigenvalue weighted by molar-refractivity contribution is 6.34. The molecule has 3 nitrogen and oxygen atoms in total. The van der Waals surface area contributed by atoms with E-state index in [1.165, 1.54) is 0 Å². The van der Waals surface area contributed by atoms with Crippen molar-refractivity contribution >= 4 is 21.3 Å². The number of carbonyl (C=O) groups excluding carboxylic acids is 2. The molecule has 1 atom stereocenters. The summed E-state index contributed by atoms with van der Waals surface area (Å²) in [6.07, 6.45) is 1.19. The van der Waals surface area contributed by atoms with E-state index in [0.717, 1.165) is 6.04 Å². The zero-order chi connectivity index (χ0) is 11.0. The van der Waals surface area contributed by atoms with Crippen molar-refractivity contribution in [3.05, 3.63) is 0 Å². The van der Waals surface area contributed by atoms with E-state index in [9.17, 15) is 9.59 Å². The lowest BCUT2D eigenvalue weighted by Crippen LogP contribution is -2.19. The van der Waals surface area contributed by atoms with E-state index in [2.05, 4.69) is 6.55 Å². The van der Waals surface area contributed by atoms with E-state index < -0.39 is 5.92 Å². The topological polar surface area (TPSA) is 43.4 Å². The predicted molar refractivity (Wildman–Crippen MR) is 59.3 cm³/mol. The molecule has 0 amide bonds. The molecule has 0 aromatic heterocycles. The van der Waals surface area contributed by atoms with Gasteiger partial charge in [-0.3, -0.25) is 9.59 Å². The van der Waals surface area contributed by atoms with Crippen LogP contribution in [-0.4, -0.2) is 27.9 Å². The van der Waals surface area contributed by atoms with E-state index >= 15 is 0 Å². The molecule has 4 heteroatoms. The van der Waals surface area contributed by atoms with Crippen molar-refractivity contribution in [1.82, 2.24) is 0 Å². The Balaban J connectivity index is 0.000000791. The molecule has 0 bridgehead atoms. The first kappa shape index (κ1) is 13.4. The molecule has 0 radical (unpaired) electrons. The molecular weight excluding hydrogens is 196 g/mol. The maximum absolute atomic E-state index is 11.3. The first-order valence-corrected chi connectivity index (χ1v) is 7.86. The minimum Gasteiger partial charge on any atom is -0.465 e. The molecule has 0 spiro atoms. The molecular formula is C10H20O3Si. The lowest BCUT2D eigenvalue weighted by molar-refractivity contribution is -0.144. The van der Waals surface area contributed by atoms with Crippen molar-refractivity contribution in [2.45, 2.75) is 39.3 Å². The van der Waals surface area contributed by atoms with Crippen molar-refractivity contribution in [3.8, 4) is 0 Å². The van der Waals surface area contributed by atoms with E-state index in [-0.39, 0.29) is 21.3 Å². The van der Waals surface area contributed by atoms with E-state index in [0.29, 0.717) is 19.4 Å². The lowest BCUT2D eigenvalue weighted by Gasteiger charge is -2.02. The van der Waals surface area contributed by atoms with Crippen LogP contribution in [-0.2, 0) is 14.3 Å². The quantitative estimate of drug-likeness (QED) is 0.402. The minimum absolute atomic E-state index is 0.0455. The van der Waals surface area contributed by atoms with E-state index in [4.69, 9.17) is 4.74 Å². The molecule has 1 fully saturated rings. The Morgan fingerprint density at radius 1 is 1.57 bits per heavy atom. The van der Waals surface area contributed by atoms with Crippen molar-refractivity contribution in [3.63, 3.8) is 0 Å². The highest BCUT2D eigenvalue weighted by Gasteiger charge is 2.32. The van der Waals surface area contributed by atoms with Crippen LogP contribution in [0.4, 0.5) is 0 Å². The second-order valence-electron chi connectivity index (χ2n) is 3.08. The molecule has 1 rings (SSSR count). The van der Waals surface area contributed by atoms with Gasteiger partial charge in [0.2, 0.25) is 0 Å². The smallest absolute Gasteiger partial charge is 0.316 e. The molecule has 0 aromatic rings. The van der Waals surface area contributed by atoms with E-state index in [1.54, 1.807) is 0 Å². The van der Waals surface area contributed by atoms with Gasteiger partial charge in [-0.1, -0.05) is 26.4 Å². The van der Waals surface area contributed by atoms with Gasteiger partial charge < -0.3 is 4.74 Å². The number of ketones is 1. The molecule has 0 N–H and O–H groups in total. The summed E-state index contributed by atoms with van der Waals surface area (Å²) < 4.78 is 4.72. The number of carbonyl (C=O) groups is 2. The molecule has 0 saturated carbocycles. The van der Waals surface area contributed by atoms with Crippen molar-refractivity contribution in [1.29, 1.82) is 0 Å². The number of rotatable bonds is 4. The molecule has 14 heavy (non-hydrogen) atoms. The summed E-state index contributed by atoms with van der Waals surface area (Å²) >= 11 is 0. The van der Waals surface area contributed by atoms with Gasteiger partial charge in [0, 0.05) is 22.4 Å². The largest absolute Gasteiger partial charge is 0.465 e. The van der Waals surface area contributed by atoms with Gasteiger partial charge in [-0.25, -0.2) is 0 Å². The molecule has 1 aliphatic rings. The van der Waals surface area contributed by atoms with Crippen LogP contribution in [0.3, 0.4) is 0 Å². The zero-order valence-electron chi connectivity index (χ0n) is 9.34. The summed E-state index contributed by atoms with van der Waals surface area (Å²) in [6.45, 7) is 6.60. The third-order valence-electron chi connectivity index (χ3n) is 2.10. The summed E-state index contributed by atoms with van der Waals surface area (Å²) in [6, 6.07) is 1.02. The molecule has 82 valence electrons. The second kappa shape index (κ2) is 7.73. The van der Waals surface area contributed by atoms with Gasteiger partial charge in [0.05, 0.1) is 6.61 Å². The first-order valence-electron chi connectivity index (χ1n) is 5.45. The Labute approximate surface area is 88.0 Å². The van der Waals surface area contributed by atoms with Crippen LogP contribution in [0, 0.1) is 5.92 Å². The maximum Gasteiger partial charge on any atom is 0.316 e. The highest BCUT2D eigenvalue weighted by Crippen LogP contribution is 2.17.